The number of ether oxygens (including phenoxy) is 1. The van der Waals surface area contributed by atoms with E-state index in [2.05, 4.69) is 27.1 Å². The van der Waals surface area contributed by atoms with E-state index >= 15 is 0 Å². The average Bonchev–Trinajstić information content (AvgIpc) is 2.62. The normalized spacial score (nSPS) is 13.9. The van der Waals surface area contributed by atoms with Crippen LogP contribution in [0.1, 0.15) is 10.4 Å². The maximum Gasteiger partial charge on any atom is 0.255 e. The third kappa shape index (κ3) is 5.63. The quantitative estimate of drug-likeness (QED) is 0.749. The van der Waals surface area contributed by atoms with Gasteiger partial charge in [0.05, 0.1) is 12.8 Å². The number of anilines is 3. The molecule has 0 saturated carbocycles. The Balaban J connectivity index is 0.00000182. The minimum Gasteiger partial charge on any atom is -0.495 e. The van der Waals surface area contributed by atoms with E-state index in [9.17, 15) is 4.79 Å². The molecule has 1 aliphatic heterocycles. The topological polar surface area (TPSA) is 83.7 Å². The Kier molecular flexibility index (Phi) is 8.62. The number of hydrogen-bond donors (Lipinski definition) is 2. The van der Waals surface area contributed by atoms with Crippen molar-refractivity contribution in [3.05, 3.63) is 42.1 Å². The van der Waals surface area contributed by atoms with Gasteiger partial charge < -0.3 is 25.6 Å². The van der Waals surface area contributed by atoms with Gasteiger partial charge in [-0.25, -0.2) is 4.98 Å². The van der Waals surface area contributed by atoms with E-state index in [1.807, 2.05) is 6.07 Å². The third-order valence-electron chi connectivity index (χ3n) is 4.32. The Hall–Kier alpha value is -2.22. The van der Waals surface area contributed by atoms with Gasteiger partial charge >= 0.3 is 0 Å². The fourth-order valence-corrected chi connectivity index (χ4v) is 2.78. The second-order valence-corrected chi connectivity index (χ2v) is 6.10. The first kappa shape index (κ1) is 22.8. The van der Waals surface area contributed by atoms with Crippen LogP contribution in [0.2, 0.25) is 0 Å². The fraction of sp³-hybridized carbons (Fsp3) is 0.333. The van der Waals surface area contributed by atoms with Crippen molar-refractivity contribution in [2.75, 3.05) is 56.3 Å². The van der Waals surface area contributed by atoms with E-state index in [1.165, 1.54) is 0 Å². The van der Waals surface area contributed by atoms with Crippen LogP contribution in [0.25, 0.3) is 0 Å². The predicted octanol–water partition coefficient (Wildman–Crippen LogP) is 2.52. The molecule has 1 aliphatic rings. The Morgan fingerprint density at radius 1 is 1.15 bits per heavy atom. The van der Waals surface area contributed by atoms with Gasteiger partial charge in [0.15, 0.2) is 0 Å². The summed E-state index contributed by atoms with van der Waals surface area (Å²) in [6, 6.07) is 8.71. The number of pyridine rings is 1. The summed E-state index contributed by atoms with van der Waals surface area (Å²) in [5.74, 6) is 1.22. The number of carbonyl (C=O) groups is 1. The standard InChI is InChI=1S/C18H23N5O2.2ClH/c1-22-7-9-23(10-8-22)17-11-13(5-6-20-17)18(24)21-14-3-4-16(25-2)15(19)12-14;;/h3-6,11-12H,7-10,19H2,1-2H3,(H,21,24);2*1H. The molecule has 2 aromatic rings. The van der Waals surface area contributed by atoms with Crippen LogP contribution in [-0.2, 0) is 0 Å². The number of amides is 1. The maximum absolute atomic E-state index is 12.5. The summed E-state index contributed by atoms with van der Waals surface area (Å²) in [5.41, 5.74) is 7.56. The van der Waals surface area contributed by atoms with Crippen molar-refractivity contribution in [3.8, 4) is 5.75 Å². The average molecular weight is 414 g/mol. The molecule has 1 aromatic carbocycles. The molecule has 9 heteroatoms. The lowest BCUT2D eigenvalue weighted by molar-refractivity contribution is 0.102. The molecule has 1 amide bonds. The molecule has 148 valence electrons. The SMILES string of the molecule is COc1ccc(NC(=O)c2ccnc(N3CCN(C)CC3)c2)cc1N.Cl.Cl. The number of nitrogens with zero attached hydrogens (tertiary/aromatic N) is 3. The molecule has 0 aliphatic carbocycles. The van der Waals surface area contributed by atoms with Crippen LogP contribution < -0.4 is 20.7 Å². The van der Waals surface area contributed by atoms with Crippen LogP contribution in [-0.4, -0.2) is 56.1 Å². The number of halogens is 2. The summed E-state index contributed by atoms with van der Waals surface area (Å²) in [5, 5.41) is 2.86. The molecule has 3 N–H and O–H groups in total. The lowest BCUT2D eigenvalue weighted by Gasteiger charge is -2.33. The van der Waals surface area contributed by atoms with Gasteiger partial charge in [-0.05, 0) is 37.4 Å². The molecule has 0 bridgehead atoms. The third-order valence-corrected chi connectivity index (χ3v) is 4.32. The van der Waals surface area contributed by atoms with E-state index in [4.69, 9.17) is 10.5 Å². The van der Waals surface area contributed by atoms with Crippen molar-refractivity contribution in [2.24, 2.45) is 0 Å². The summed E-state index contributed by atoms with van der Waals surface area (Å²) >= 11 is 0. The number of likely N-dealkylation sites (N-methyl/N-ethyl adjacent to an activating group) is 1. The van der Waals surface area contributed by atoms with E-state index in [1.54, 1.807) is 37.6 Å². The second-order valence-electron chi connectivity index (χ2n) is 6.10. The first-order chi connectivity index (χ1) is 12.1. The van der Waals surface area contributed by atoms with Gasteiger partial charge in [0.2, 0.25) is 0 Å². The summed E-state index contributed by atoms with van der Waals surface area (Å²) in [4.78, 5) is 21.4. The molecule has 0 radical (unpaired) electrons. The molecule has 27 heavy (non-hydrogen) atoms. The van der Waals surface area contributed by atoms with Gasteiger partial charge in [-0.15, -0.1) is 24.8 Å². The van der Waals surface area contributed by atoms with E-state index in [0.29, 0.717) is 22.7 Å². The monoisotopic (exact) mass is 413 g/mol. The number of aromatic nitrogens is 1. The molecule has 0 atom stereocenters. The number of carbonyl (C=O) groups excluding carboxylic acids is 1. The van der Waals surface area contributed by atoms with Gasteiger partial charge in [0.1, 0.15) is 11.6 Å². The van der Waals surface area contributed by atoms with Crippen LogP contribution in [0, 0.1) is 0 Å². The maximum atomic E-state index is 12.5. The number of benzene rings is 1. The van der Waals surface area contributed by atoms with E-state index in [-0.39, 0.29) is 30.7 Å². The summed E-state index contributed by atoms with van der Waals surface area (Å²) < 4.78 is 5.13. The minimum absolute atomic E-state index is 0. The molecule has 3 rings (SSSR count). The minimum atomic E-state index is -0.192. The number of nitrogen functional groups attached to an aromatic ring is 1. The highest BCUT2D eigenvalue weighted by atomic mass is 35.5. The Bertz CT molecular complexity index is 767. The highest BCUT2D eigenvalue weighted by Crippen LogP contribution is 2.25. The fourth-order valence-electron chi connectivity index (χ4n) is 2.78. The first-order valence-corrected chi connectivity index (χ1v) is 8.21. The van der Waals surface area contributed by atoms with Crippen LogP contribution in [0.3, 0.4) is 0 Å². The van der Waals surface area contributed by atoms with Crippen LogP contribution in [0.15, 0.2) is 36.5 Å². The number of rotatable bonds is 4. The van der Waals surface area contributed by atoms with Gasteiger partial charge in [-0.1, -0.05) is 0 Å². The van der Waals surface area contributed by atoms with Crippen LogP contribution >= 0.6 is 24.8 Å². The van der Waals surface area contributed by atoms with Gasteiger partial charge in [-0.3, -0.25) is 4.79 Å². The van der Waals surface area contributed by atoms with Crippen molar-refractivity contribution in [1.29, 1.82) is 0 Å². The largest absolute Gasteiger partial charge is 0.495 e. The Labute approximate surface area is 171 Å². The molecule has 1 fully saturated rings. The van der Waals surface area contributed by atoms with Gasteiger partial charge in [-0.2, -0.15) is 0 Å². The Morgan fingerprint density at radius 2 is 1.85 bits per heavy atom. The second kappa shape index (κ2) is 10.2. The lowest BCUT2D eigenvalue weighted by atomic mass is 10.2. The molecular formula is C18H25Cl2N5O2. The number of nitrogens with two attached hydrogens (primary N) is 1. The predicted molar refractivity (Wildman–Crippen MR) is 114 cm³/mol. The van der Waals surface area contributed by atoms with Crippen LogP contribution in [0.4, 0.5) is 17.2 Å². The first-order valence-electron chi connectivity index (χ1n) is 8.21. The van der Waals surface area contributed by atoms with Gasteiger partial charge in [0, 0.05) is 43.6 Å². The van der Waals surface area contributed by atoms with Crippen molar-refractivity contribution >= 4 is 47.9 Å². The smallest absolute Gasteiger partial charge is 0.255 e. The van der Waals surface area contributed by atoms with Crippen molar-refractivity contribution in [2.45, 2.75) is 0 Å². The molecular weight excluding hydrogens is 389 g/mol. The zero-order chi connectivity index (χ0) is 17.8. The zero-order valence-electron chi connectivity index (χ0n) is 15.3. The lowest BCUT2D eigenvalue weighted by Crippen LogP contribution is -2.44. The van der Waals surface area contributed by atoms with E-state index < -0.39 is 0 Å². The number of hydrogen-bond acceptors (Lipinski definition) is 6. The number of methoxy groups -OCH3 is 1. The van der Waals surface area contributed by atoms with Crippen LogP contribution in [0.5, 0.6) is 5.75 Å². The molecule has 7 nitrogen and oxygen atoms in total. The molecule has 0 unspecified atom stereocenters. The molecule has 1 saturated heterocycles. The van der Waals surface area contributed by atoms with Crippen molar-refractivity contribution in [1.82, 2.24) is 9.88 Å². The highest BCUT2D eigenvalue weighted by molar-refractivity contribution is 6.04. The van der Waals surface area contributed by atoms with Crippen molar-refractivity contribution < 1.29 is 9.53 Å². The number of nitrogens with one attached hydrogen (secondary N) is 1. The number of piperazine rings is 1. The zero-order valence-corrected chi connectivity index (χ0v) is 17.0. The summed E-state index contributed by atoms with van der Waals surface area (Å²) in [6.45, 7) is 3.79. The van der Waals surface area contributed by atoms with E-state index in [0.717, 1.165) is 32.0 Å². The Morgan fingerprint density at radius 3 is 2.48 bits per heavy atom. The summed E-state index contributed by atoms with van der Waals surface area (Å²) in [6.07, 6.45) is 1.67. The highest BCUT2D eigenvalue weighted by Gasteiger charge is 2.17. The molecule has 1 aromatic heterocycles. The molecule has 2 heterocycles. The van der Waals surface area contributed by atoms with Gasteiger partial charge in [0.25, 0.3) is 5.91 Å². The summed E-state index contributed by atoms with van der Waals surface area (Å²) in [7, 11) is 3.66. The van der Waals surface area contributed by atoms with Crippen molar-refractivity contribution in [3.63, 3.8) is 0 Å². The molecule has 0 spiro atoms.